The van der Waals surface area contributed by atoms with Crippen LogP contribution in [0.2, 0.25) is 0 Å². The number of imidazole rings is 1. The number of pyridine rings is 1. The fourth-order valence-corrected chi connectivity index (χ4v) is 5.98. The number of H-pyrrole nitrogens is 1. The lowest BCUT2D eigenvalue weighted by molar-refractivity contribution is 0.0618. The highest BCUT2D eigenvalue weighted by atomic mass is 19.3. The van der Waals surface area contributed by atoms with Gasteiger partial charge in [-0.25, -0.2) is 18.7 Å². The minimum Gasteiger partial charge on any atom is -0.481 e. The zero-order chi connectivity index (χ0) is 29.1. The van der Waals surface area contributed by atoms with Crippen LogP contribution >= 0.6 is 0 Å². The van der Waals surface area contributed by atoms with Crippen LogP contribution in [0.15, 0.2) is 60.8 Å². The molecule has 6 rings (SSSR count). The number of piperazine rings is 1. The molecule has 10 heteroatoms. The quantitative estimate of drug-likeness (QED) is 0.310. The molecule has 8 nitrogen and oxygen atoms in total. The van der Waals surface area contributed by atoms with E-state index in [1.807, 2.05) is 23.2 Å². The van der Waals surface area contributed by atoms with E-state index in [9.17, 15) is 13.6 Å². The van der Waals surface area contributed by atoms with E-state index in [1.54, 1.807) is 19.2 Å². The number of nitrogens with one attached hydrogen (secondary N) is 1. The van der Waals surface area contributed by atoms with Gasteiger partial charge in [0, 0.05) is 57.1 Å². The van der Waals surface area contributed by atoms with Gasteiger partial charge in [-0.15, -0.1) is 0 Å². The number of hydrogen-bond donors (Lipinski definition) is 1. The van der Waals surface area contributed by atoms with Crippen LogP contribution < -0.4 is 4.74 Å². The smallest absolute Gasteiger partial charge is 0.289 e. The Morgan fingerprint density at radius 3 is 2.29 bits per heavy atom. The Kier molecular flexibility index (Phi) is 8.43. The topological polar surface area (TPSA) is 77.6 Å². The van der Waals surface area contributed by atoms with E-state index in [2.05, 4.69) is 43.0 Å². The minimum absolute atomic E-state index is 0.0382. The van der Waals surface area contributed by atoms with Crippen molar-refractivity contribution < 1.29 is 18.3 Å². The molecule has 2 aliphatic rings. The number of rotatable bonds is 8. The Labute approximate surface area is 244 Å². The van der Waals surface area contributed by atoms with Crippen molar-refractivity contribution in [3.05, 3.63) is 88.9 Å². The van der Waals surface area contributed by atoms with Crippen LogP contribution in [0.3, 0.4) is 0 Å². The summed E-state index contributed by atoms with van der Waals surface area (Å²) < 4.78 is 30.8. The van der Waals surface area contributed by atoms with Gasteiger partial charge in [0.25, 0.3) is 12.3 Å². The summed E-state index contributed by atoms with van der Waals surface area (Å²) in [4.78, 5) is 32.0. The van der Waals surface area contributed by atoms with Gasteiger partial charge < -0.3 is 14.6 Å². The lowest BCUT2D eigenvalue weighted by atomic mass is 9.89. The van der Waals surface area contributed by atoms with Crippen LogP contribution in [0.5, 0.6) is 5.88 Å². The largest absolute Gasteiger partial charge is 0.481 e. The van der Waals surface area contributed by atoms with E-state index in [0.29, 0.717) is 37.3 Å². The fourth-order valence-electron chi connectivity index (χ4n) is 5.98. The number of aromatic amines is 1. The molecule has 1 amide bonds. The maximum Gasteiger partial charge on any atom is 0.289 e. The Bertz CT molecular complexity index is 1490. The van der Waals surface area contributed by atoms with Crippen molar-refractivity contribution in [1.82, 2.24) is 29.7 Å². The summed E-state index contributed by atoms with van der Waals surface area (Å²) in [5.74, 6) is 1.40. The third-order valence-electron chi connectivity index (χ3n) is 8.48. The van der Waals surface area contributed by atoms with Gasteiger partial charge in [0.2, 0.25) is 5.88 Å². The summed E-state index contributed by atoms with van der Waals surface area (Å²) in [6, 6.07) is 16.8. The third-order valence-corrected chi connectivity index (χ3v) is 8.48. The maximum atomic E-state index is 13.3. The summed E-state index contributed by atoms with van der Waals surface area (Å²) >= 11 is 0. The molecular formula is C32H36F2N6O2. The normalized spacial score (nSPS) is 17.3. The van der Waals surface area contributed by atoms with Gasteiger partial charge >= 0.3 is 0 Å². The Morgan fingerprint density at radius 2 is 1.62 bits per heavy atom. The first kappa shape index (κ1) is 28.2. The molecule has 4 heterocycles. The first-order chi connectivity index (χ1) is 20.4. The molecule has 0 atom stereocenters. The van der Waals surface area contributed by atoms with Crippen LogP contribution in [-0.2, 0) is 13.1 Å². The second-order valence-corrected chi connectivity index (χ2v) is 11.2. The van der Waals surface area contributed by atoms with Gasteiger partial charge in [-0.2, -0.15) is 0 Å². The van der Waals surface area contributed by atoms with E-state index in [1.165, 1.54) is 23.3 Å². The van der Waals surface area contributed by atoms with Crippen LogP contribution in [0, 0.1) is 0 Å². The SMILES string of the molecule is COc1ccc(CN2CCC(c3ccc4nc(C(=O)N5CCN(Cc6ccc(C(F)F)cc6)CC5)[nH]c4c3)CC2)cn1. The predicted molar refractivity (Wildman–Crippen MR) is 157 cm³/mol. The molecule has 2 aromatic heterocycles. The number of methoxy groups -OCH3 is 1. The van der Waals surface area contributed by atoms with E-state index in [4.69, 9.17) is 4.74 Å². The molecule has 4 aromatic rings. The molecule has 1 N–H and O–H groups in total. The van der Waals surface area contributed by atoms with Gasteiger partial charge in [-0.3, -0.25) is 14.6 Å². The fraction of sp³-hybridized carbons (Fsp3) is 0.406. The number of hydrogen-bond acceptors (Lipinski definition) is 6. The number of aromatic nitrogens is 3. The van der Waals surface area contributed by atoms with Gasteiger partial charge in [0.1, 0.15) is 0 Å². The molecule has 2 aromatic carbocycles. The number of carbonyl (C=O) groups excluding carboxylic acids is 1. The molecule has 0 saturated carbocycles. The molecule has 2 fully saturated rings. The molecule has 220 valence electrons. The lowest BCUT2D eigenvalue weighted by Crippen LogP contribution is -2.48. The molecule has 0 aliphatic carbocycles. The first-order valence-electron chi connectivity index (χ1n) is 14.5. The number of amides is 1. The molecule has 2 aliphatic heterocycles. The second-order valence-electron chi connectivity index (χ2n) is 11.2. The average Bonchev–Trinajstić information content (AvgIpc) is 3.46. The van der Waals surface area contributed by atoms with Crippen molar-refractivity contribution >= 4 is 16.9 Å². The number of carbonyl (C=O) groups is 1. The van der Waals surface area contributed by atoms with E-state index >= 15 is 0 Å². The highest BCUT2D eigenvalue weighted by molar-refractivity contribution is 5.94. The molecule has 0 spiro atoms. The van der Waals surface area contributed by atoms with Crippen LogP contribution in [0.1, 0.15) is 58.1 Å². The van der Waals surface area contributed by atoms with Gasteiger partial charge in [0.05, 0.1) is 18.1 Å². The highest BCUT2D eigenvalue weighted by Crippen LogP contribution is 2.30. The Hall–Kier alpha value is -3.89. The number of benzene rings is 2. The molecule has 0 radical (unpaired) electrons. The monoisotopic (exact) mass is 574 g/mol. The summed E-state index contributed by atoms with van der Waals surface area (Å²) in [6.45, 7) is 6.25. The summed E-state index contributed by atoms with van der Waals surface area (Å²) in [6.07, 6.45) is 1.59. The first-order valence-corrected chi connectivity index (χ1v) is 14.5. The van der Waals surface area contributed by atoms with Gasteiger partial charge in [-0.1, -0.05) is 36.4 Å². The maximum absolute atomic E-state index is 13.3. The summed E-state index contributed by atoms with van der Waals surface area (Å²) in [5, 5.41) is 0. The van der Waals surface area contributed by atoms with Crippen molar-refractivity contribution in [3.63, 3.8) is 0 Å². The number of nitrogens with zero attached hydrogens (tertiary/aromatic N) is 5. The molecular weight excluding hydrogens is 538 g/mol. The zero-order valence-electron chi connectivity index (χ0n) is 23.8. The van der Waals surface area contributed by atoms with Crippen molar-refractivity contribution in [3.8, 4) is 5.88 Å². The summed E-state index contributed by atoms with van der Waals surface area (Å²) in [7, 11) is 1.63. The van der Waals surface area contributed by atoms with Crippen molar-refractivity contribution in [2.24, 2.45) is 0 Å². The molecule has 0 unspecified atom stereocenters. The third kappa shape index (κ3) is 6.44. The number of piperidine rings is 1. The van der Waals surface area contributed by atoms with Crippen LogP contribution in [0.4, 0.5) is 8.78 Å². The van der Waals surface area contributed by atoms with Crippen molar-refractivity contribution in [2.75, 3.05) is 46.4 Å². The van der Waals surface area contributed by atoms with Gasteiger partial charge in [0.15, 0.2) is 5.82 Å². The zero-order valence-corrected chi connectivity index (χ0v) is 23.8. The Morgan fingerprint density at radius 1 is 0.929 bits per heavy atom. The van der Waals surface area contributed by atoms with Crippen molar-refractivity contribution in [1.29, 1.82) is 0 Å². The molecule has 42 heavy (non-hydrogen) atoms. The van der Waals surface area contributed by atoms with Gasteiger partial charge in [-0.05, 0) is 60.7 Å². The lowest BCUT2D eigenvalue weighted by Gasteiger charge is -2.34. The average molecular weight is 575 g/mol. The standard InChI is InChI=1S/C32H36F2N6O2/c1-42-29-9-4-23(19-35-29)21-38-12-10-24(11-13-38)26-7-8-27-28(18-26)37-31(36-27)32(41)40-16-14-39(15-17-40)20-22-2-5-25(6-3-22)30(33)34/h2-9,18-19,24,30H,10-17,20-21H2,1H3,(H,36,37). The van der Waals surface area contributed by atoms with E-state index in [0.717, 1.165) is 62.2 Å². The van der Waals surface area contributed by atoms with Crippen molar-refractivity contribution in [2.45, 2.75) is 38.3 Å². The van der Waals surface area contributed by atoms with E-state index in [-0.39, 0.29) is 11.5 Å². The number of fused-ring (bicyclic) bond motifs is 1. The number of halogens is 2. The number of alkyl halides is 2. The number of likely N-dealkylation sites (tertiary alicyclic amines) is 1. The number of ether oxygens (including phenoxy) is 1. The second kappa shape index (κ2) is 12.5. The van der Waals surface area contributed by atoms with E-state index < -0.39 is 6.43 Å². The van der Waals surface area contributed by atoms with Crippen LogP contribution in [0.25, 0.3) is 11.0 Å². The minimum atomic E-state index is -2.45. The molecule has 0 bridgehead atoms. The summed E-state index contributed by atoms with van der Waals surface area (Å²) in [5.41, 5.74) is 5.20. The molecule has 2 saturated heterocycles. The highest BCUT2D eigenvalue weighted by Gasteiger charge is 2.25. The predicted octanol–water partition coefficient (Wildman–Crippen LogP) is 5.24. The van der Waals surface area contributed by atoms with Crippen LogP contribution in [-0.4, -0.2) is 81.9 Å². The Balaban J connectivity index is 1.01.